The molecule has 2 aliphatic heterocycles. The lowest BCUT2D eigenvalue weighted by molar-refractivity contribution is -0.183. The molecule has 0 aromatic heterocycles. The number of carbonyl (C=O) groups excluding carboxylic acids is 3. The van der Waals surface area contributed by atoms with E-state index in [0.29, 0.717) is 34.3 Å². The summed E-state index contributed by atoms with van der Waals surface area (Å²) in [4.78, 5) is 46.0. The molecule has 9 heteroatoms. The van der Waals surface area contributed by atoms with Gasteiger partial charge >= 0.3 is 0 Å². The van der Waals surface area contributed by atoms with Crippen molar-refractivity contribution in [3.05, 3.63) is 59.2 Å². The molecule has 0 radical (unpaired) electrons. The van der Waals surface area contributed by atoms with Crippen LogP contribution in [-0.4, -0.2) is 75.8 Å². The van der Waals surface area contributed by atoms with Crippen molar-refractivity contribution in [2.75, 3.05) is 13.7 Å². The van der Waals surface area contributed by atoms with Crippen molar-refractivity contribution in [2.45, 2.75) is 71.4 Å². The Morgan fingerprint density at radius 1 is 1.10 bits per heavy atom. The van der Waals surface area contributed by atoms with E-state index in [1.54, 1.807) is 24.1 Å². The molecule has 3 amide bonds. The number of hydroxylamine groups is 2. The maximum absolute atomic E-state index is 13.9. The number of nitrogens with one attached hydrogen (secondary N) is 1. The van der Waals surface area contributed by atoms with Gasteiger partial charge in [-0.05, 0) is 77.8 Å². The van der Waals surface area contributed by atoms with Gasteiger partial charge in [-0.3, -0.25) is 24.1 Å². The SMILES string of the molecule is C[C@@H]1[C@@H](NC(=O)[C@@H]2[C@H]([C@H](C)O)[C@H](CO)ON2Cc2cccc(-c3ccc4c(c3)C(=O)N(C)C4=O)c2)C[C@H]2C[C@@H]1C2(C)C. The average Bonchev–Trinajstić information content (AvgIpc) is 3.44. The van der Waals surface area contributed by atoms with Crippen molar-refractivity contribution in [1.82, 2.24) is 15.3 Å². The minimum atomic E-state index is -0.866. The van der Waals surface area contributed by atoms with Gasteiger partial charge in [0.2, 0.25) is 5.91 Å². The first-order chi connectivity index (χ1) is 19.9. The molecule has 224 valence electrons. The number of aliphatic hydroxyl groups is 2. The van der Waals surface area contributed by atoms with E-state index in [-0.39, 0.29) is 36.9 Å². The highest BCUT2D eigenvalue weighted by Crippen LogP contribution is 2.61. The monoisotopic (exact) mass is 575 g/mol. The summed E-state index contributed by atoms with van der Waals surface area (Å²) < 4.78 is 0. The van der Waals surface area contributed by atoms with Crippen LogP contribution in [-0.2, 0) is 16.2 Å². The molecule has 4 fully saturated rings. The Labute approximate surface area is 246 Å². The second-order valence-corrected chi connectivity index (χ2v) is 13.4. The molecule has 2 aromatic carbocycles. The normalized spacial score (nSPS) is 32.5. The van der Waals surface area contributed by atoms with Crippen LogP contribution in [0.25, 0.3) is 11.1 Å². The third-order valence-corrected chi connectivity index (χ3v) is 10.8. The van der Waals surface area contributed by atoms with Gasteiger partial charge < -0.3 is 15.5 Å². The number of hydrogen-bond donors (Lipinski definition) is 3. The molecule has 9 nitrogen and oxygen atoms in total. The van der Waals surface area contributed by atoms with Gasteiger partial charge in [-0.15, -0.1) is 0 Å². The zero-order valence-corrected chi connectivity index (χ0v) is 24.9. The van der Waals surface area contributed by atoms with Crippen molar-refractivity contribution in [1.29, 1.82) is 0 Å². The summed E-state index contributed by atoms with van der Waals surface area (Å²) >= 11 is 0. The van der Waals surface area contributed by atoms with Crippen molar-refractivity contribution in [2.24, 2.45) is 29.1 Å². The highest BCUT2D eigenvalue weighted by molar-refractivity contribution is 6.21. The maximum Gasteiger partial charge on any atom is 0.261 e. The fraction of sp³-hybridized carbons (Fsp3) is 0.545. The van der Waals surface area contributed by atoms with Crippen molar-refractivity contribution >= 4 is 17.7 Å². The third-order valence-electron chi connectivity index (χ3n) is 10.8. The molecule has 2 aromatic rings. The predicted molar refractivity (Wildman–Crippen MR) is 156 cm³/mol. The van der Waals surface area contributed by atoms with Gasteiger partial charge in [0, 0.05) is 19.0 Å². The lowest BCUT2D eigenvalue weighted by atomic mass is 9.45. The van der Waals surface area contributed by atoms with Crippen LogP contribution < -0.4 is 5.32 Å². The minimum absolute atomic E-state index is 0.0655. The molecule has 8 atom stereocenters. The van der Waals surface area contributed by atoms with Crippen molar-refractivity contribution in [3.63, 3.8) is 0 Å². The van der Waals surface area contributed by atoms with Crippen LogP contribution >= 0.6 is 0 Å². The Bertz CT molecular complexity index is 1420. The predicted octanol–water partition coefficient (Wildman–Crippen LogP) is 3.24. The Kier molecular flexibility index (Phi) is 7.28. The van der Waals surface area contributed by atoms with Crippen LogP contribution in [0.4, 0.5) is 0 Å². The summed E-state index contributed by atoms with van der Waals surface area (Å²) in [5.41, 5.74) is 3.60. The number of fused-ring (bicyclic) bond motifs is 3. The minimum Gasteiger partial charge on any atom is -0.394 e. The molecule has 1 saturated heterocycles. The van der Waals surface area contributed by atoms with Crippen molar-refractivity contribution < 1.29 is 29.4 Å². The molecule has 0 unspecified atom stereocenters. The molecule has 2 heterocycles. The molecule has 3 saturated carbocycles. The van der Waals surface area contributed by atoms with Gasteiger partial charge in [0.1, 0.15) is 12.1 Å². The van der Waals surface area contributed by atoms with Gasteiger partial charge in [-0.1, -0.05) is 45.0 Å². The van der Waals surface area contributed by atoms with Crippen LogP contribution in [0.1, 0.15) is 66.8 Å². The van der Waals surface area contributed by atoms with E-state index in [1.165, 1.54) is 13.5 Å². The maximum atomic E-state index is 13.9. The molecule has 2 bridgehead atoms. The smallest absolute Gasteiger partial charge is 0.261 e. The van der Waals surface area contributed by atoms with Crippen molar-refractivity contribution in [3.8, 4) is 11.1 Å². The number of hydrogen-bond acceptors (Lipinski definition) is 7. The number of imide groups is 1. The number of amides is 3. The Morgan fingerprint density at radius 2 is 1.81 bits per heavy atom. The van der Waals surface area contributed by atoms with Crippen LogP contribution in [0.5, 0.6) is 0 Å². The topological polar surface area (TPSA) is 119 Å². The lowest BCUT2D eigenvalue weighted by Crippen LogP contribution is -2.62. The zero-order valence-electron chi connectivity index (χ0n) is 24.9. The fourth-order valence-corrected chi connectivity index (χ4v) is 8.05. The van der Waals surface area contributed by atoms with Crippen LogP contribution in [0.2, 0.25) is 0 Å². The molecule has 3 N–H and O–H groups in total. The fourth-order valence-electron chi connectivity index (χ4n) is 8.05. The van der Waals surface area contributed by atoms with Crippen LogP contribution in [0.15, 0.2) is 42.5 Å². The number of carbonyl (C=O) groups is 3. The highest BCUT2D eigenvalue weighted by Gasteiger charge is 2.57. The van der Waals surface area contributed by atoms with E-state index in [0.717, 1.165) is 28.0 Å². The number of aliphatic hydroxyl groups excluding tert-OH is 2. The summed E-state index contributed by atoms with van der Waals surface area (Å²) in [7, 11) is 1.48. The Balaban J connectivity index is 1.24. The number of benzene rings is 2. The van der Waals surface area contributed by atoms with Gasteiger partial charge in [0.05, 0.1) is 30.4 Å². The third kappa shape index (κ3) is 4.58. The van der Waals surface area contributed by atoms with Gasteiger partial charge in [-0.25, -0.2) is 0 Å². The zero-order chi connectivity index (χ0) is 30.1. The van der Waals surface area contributed by atoms with E-state index >= 15 is 0 Å². The first kappa shape index (κ1) is 29.0. The van der Waals surface area contributed by atoms with E-state index in [2.05, 4.69) is 26.1 Å². The summed E-state index contributed by atoms with van der Waals surface area (Å²) in [5.74, 6) is 0.115. The van der Waals surface area contributed by atoms with E-state index < -0.39 is 24.2 Å². The van der Waals surface area contributed by atoms with Crippen LogP contribution in [0, 0.1) is 29.1 Å². The first-order valence-corrected chi connectivity index (χ1v) is 15.0. The number of nitrogens with zero attached hydrogens (tertiary/aromatic N) is 2. The van der Waals surface area contributed by atoms with E-state index in [9.17, 15) is 24.6 Å². The number of rotatable bonds is 7. The van der Waals surface area contributed by atoms with Gasteiger partial charge in [-0.2, -0.15) is 5.06 Å². The highest BCUT2D eigenvalue weighted by atomic mass is 16.7. The molecular formula is C33H41N3O6. The molecule has 42 heavy (non-hydrogen) atoms. The van der Waals surface area contributed by atoms with Crippen LogP contribution in [0.3, 0.4) is 0 Å². The van der Waals surface area contributed by atoms with Gasteiger partial charge in [0.15, 0.2) is 0 Å². The molecule has 7 rings (SSSR count). The lowest BCUT2D eigenvalue weighted by Gasteiger charge is -2.62. The molecule has 0 spiro atoms. The second kappa shape index (κ2) is 10.6. The summed E-state index contributed by atoms with van der Waals surface area (Å²) in [5, 5.41) is 25.7. The molecule has 3 aliphatic carbocycles. The largest absolute Gasteiger partial charge is 0.394 e. The van der Waals surface area contributed by atoms with Gasteiger partial charge in [0.25, 0.3) is 11.8 Å². The van der Waals surface area contributed by atoms with E-state index in [4.69, 9.17) is 4.84 Å². The Morgan fingerprint density at radius 3 is 2.48 bits per heavy atom. The first-order valence-electron chi connectivity index (χ1n) is 15.0. The quantitative estimate of drug-likeness (QED) is 0.434. The summed E-state index contributed by atoms with van der Waals surface area (Å²) in [6, 6.07) is 12.3. The Hall–Kier alpha value is -3.11. The second-order valence-electron chi connectivity index (χ2n) is 13.4. The standard InChI is InChI=1S/C33H41N3O6/c1-17-25-13-22(33(25,3)4)14-26(17)34-30(39)29-28(18(2)38)27(16-37)42-36(29)15-19-7-6-8-20(11-19)21-9-10-23-24(12-21)32(41)35(5)31(23)40/h6-12,17-18,22,25-29,37-38H,13-16H2,1-5H3,(H,34,39)/t17-,18-,22+,25-,26-,27-,28+,29-/m0/s1. The molecule has 5 aliphatic rings. The average molecular weight is 576 g/mol. The molecular weight excluding hydrogens is 534 g/mol. The summed E-state index contributed by atoms with van der Waals surface area (Å²) in [6.07, 6.45) is 0.580. The summed E-state index contributed by atoms with van der Waals surface area (Å²) in [6.45, 7) is 8.47. The van der Waals surface area contributed by atoms with E-state index in [1.807, 2.05) is 30.3 Å².